The minimum Gasteiger partial charge on any atom is -0.363 e. The number of halogens is 1. The summed E-state index contributed by atoms with van der Waals surface area (Å²) in [7, 11) is 0. The van der Waals surface area contributed by atoms with Crippen molar-refractivity contribution >= 4 is 28.6 Å². The molecule has 0 fully saturated rings. The molecule has 1 aromatic heterocycles. The van der Waals surface area contributed by atoms with Gasteiger partial charge in [-0.2, -0.15) is 5.26 Å². The van der Waals surface area contributed by atoms with Gasteiger partial charge in [-0.3, -0.25) is 0 Å². The molecule has 1 heterocycles. The van der Waals surface area contributed by atoms with Crippen molar-refractivity contribution in [2.75, 3.05) is 5.32 Å². The van der Waals surface area contributed by atoms with Crippen LogP contribution in [0.5, 0.6) is 0 Å². The van der Waals surface area contributed by atoms with Crippen LogP contribution in [0.4, 0.5) is 5.69 Å². The molecule has 86 valence electrons. The molecule has 0 radical (unpaired) electrons. The predicted molar refractivity (Wildman–Crippen MR) is 70.3 cm³/mol. The Morgan fingerprint density at radius 1 is 1.47 bits per heavy atom. The highest BCUT2D eigenvalue weighted by atomic mass is 35.5. The van der Waals surface area contributed by atoms with E-state index in [1.807, 2.05) is 30.5 Å². The topological polar surface area (TPSA) is 48.7 Å². The summed E-state index contributed by atoms with van der Waals surface area (Å²) in [5, 5.41) is 15.5. The van der Waals surface area contributed by atoms with Crippen LogP contribution in [0.3, 0.4) is 0 Å². The summed E-state index contributed by atoms with van der Waals surface area (Å²) in [5.41, 5.74) is 1.67. The second-order valence-electron chi connectivity index (χ2n) is 3.51. The molecule has 0 aliphatic carbocycles. The quantitative estimate of drug-likeness (QED) is 0.917. The zero-order valence-electron chi connectivity index (χ0n) is 9.14. The van der Waals surface area contributed by atoms with Gasteiger partial charge >= 0.3 is 0 Å². The van der Waals surface area contributed by atoms with Crippen LogP contribution in [0.15, 0.2) is 29.6 Å². The first-order valence-electron chi connectivity index (χ1n) is 5.03. The molecule has 2 rings (SSSR count). The lowest BCUT2D eigenvalue weighted by atomic mass is 10.2. The minimum atomic E-state index is -0.464. The van der Waals surface area contributed by atoms with Crippen LogP contribution >= 0.6 is 22.9 Å². The molecule has 5 heteroatoms. The van der Waals surface area contributed by atoms with Gasteiger partial charge < -0.3 is 5.32 Å². The molecule has 1 unspecified atom stereocenters. The van der Waals surface area contributed by atoms with Crippen molar-refractivity contribution in [2.45, 2.75) is 13.0 Å². The van der Waals surface area contributed by atoms with Crippen molar-refractivity contribution in [3.05, 3.63) is 45.4 Å². The molecule has 0 aliphatic heterocycles. The minimum absolute atomic E-state index is 0.464. The smallest absolute Gasteiger partial charge is 0.167 e. The van der Waals surface area contributed by atoms with Gasteiger partial charge in [-0.25, -0.2) is 4.98 Å². The van der Waals surface area contributed by atoms with Gasteiger partial charge in [-0.1, -0.05) is 23.7 Å². The number of hydrogen-bond acceptors (Lipinski definition) is 4. The van der Waals surface area contributed by atoms with Gasteiger partial charge in [0, 0.05) is 11.1 Å². The molecule has 0 saturated heterocycles. The van der Waals surface area contributed by atoms with E-state index in [0.29, 0.717) is 5.02 Å². The molecule has 0 saturated carbocycles. The van der Waals surface area contributed by atoms with E-state index in [1.54, 1.807) is 6.07 Å². The average molecular weight is 264 g/mol. The van der Waals surface area contributed by atoms with E-state index in [1.165, 1.54) is 11.3 Å². The highest BCUT2D eigenvalue weighted by molar-refractivity contribution is 7.09. The lowest BCUT2D eigenvalue weighted by molar-refractivity contribution is 0.963. The fraction of sp³-hybridized carbons (Fsp3) is 0.167. The van der Waals surface area contributed by atoms with Crippen molar-refractivity contribution in [1.29, 1.82) is 5.26 Å². The number of nitriles is 1. The molecule has 0 aliphatic rings. The Bertz CT molecular complexity index is 559. The van der Waals surface area contributed by atoms with Crippen molar-refractivity contribution < 1.29 is 0 Å². The molecule has 0 amide bonds. The average Bonchev–Trinajstić information content (AvgIpc) is 2.75. The summed E-state index contributed by atoms with van der Waals surface area (Å²) in [5.74, 6) is 0. The summed E-state index contributed by atoms with van der Waals surface area (Å²) >= 11 is 7.50. The van der Waals surface area contributed by atoms with E-state index in [0.717, 1.165) is 16.4 Å². The summed E-state index contributed by atoms with van der Waals surface area (Å²) in [6, 6.07) is 9.07. The van der Waals surface area contributed by atoms with Crippen molar-refractivity contribution in [3.63, 3.8) is 0 Å². The number of aromatic nitrogens is 1. The van der Waals surface area contributed by atoms with Gasteiger partial charge in [0.05, 0.1) is 16.8 Å². The van der Waals surface area contributed by atoms with Crippen LogP contribution in [0.2, 0.25) is 5.02 Å². The fourth-order valence-electron chi connectivity index (χ4n) is 1.39. The summed E-state index contributed by atoms with van der Waals surface area (Å²) in [6.07, 6.45) is 0. The van der Waals surface area contributed by atoms with E-state index in [-0.39, 0.29) is 0 Å². The number of anilines is 1. The van der Waals surface area contributed by atoms with Crippen LogP contribution in [0, 0.1) is 18.3 Å². The Kier molecular flexibility index (Phi) is 3.62. The normalized spacial score (nSPS) is 11.8. The van der Waals surface area contributed by atoms with Gasteiger partial charge in [0.15, 0.2) is 6.04 Å². The lowest BCUT2D eigenvalue weighted by Gasteiger charge is -2.11. The van der Waals surface area contributed by atoms with Crippen molar-refractivity contribution in [2.24, 2.45) is 0 Å². The second-order valence-corrected chi connectivity index (χ2v) is 4.81. The maximum Gasteiger partial charge on any atom is 0.167 e. The summed E-state index contributed by atoms with van der Waals surface area (Å²) < 4.78 is 0. The van der Waals surface area contributed by atoms with Crippen molar-refractivity contribution in [3.8, 4) is 6.07 Å². The standard InChI is InChI=1S/C12H10ClN3S/c1-8-7-17-12(15-8)11(6-14)16-10-5-3-2-4-9(10)13/h2-5,7,11,16H,1H3. The maximum absolute atomic E-state index is 9.15. The number of thiazole rings is 1. The monoisotopic (exact) mass is 263 g/mol. The first-order chi connectivity index (χ1) is 8.20. The Balaban J connectivity index is 2.22. The van der Waals surface area contributed by atoms with Gasteiger partial charge in [0.1, 0.15) is 5.01 Å². The predicted octanol–water partition coefficient (Wildman–Crippen LogP) is 3.78. The molecular formula is C12H10ClN3S. The van der Waals surface area contributed by atoms with Crippen LogP contribution in [-0.4, -0.2) is 4.98 Å². The fourth-order valence-corrected chi connectivity index (χ4v) is 2.37. The van der Waals surface area contributed by atoms with Crippen LogP contribution in [0.1, 0.15) is 16.7 Å². The van der Waals surface area contributed by atoms with E-state index < -0.39 is 6.04 Å². The zero-order chi connectivity index (χ0) is 12.3. The molecule has 1 atom stereocenters. The maximum atomic E-state index is 9.15. The van der Waals surface area contributed by atoms with Crippen molar-refractivity contribution in [1.82, 2.24) is 4.98 Å². The van der Waals surface area contributed by atoms with Crippen LogP contribution in [0.25, 0.3) is 0 Å². The van der Waals surface area contributed by atoms with Crippen LogP contribution in [-0.2, 0) is 0 Å². The molecule has 0 spiro atoms. The molecule has 1 N–H and O–H groups in total. The number of nitrogens with one attached hydrogen (secondary N) is 1. The van der Waals surface area contributed by atoms with E-state index in [4.69, 9.17) is 16.9 Å². The molecule has 1 aromatic carbocycles. The number of nitrogens with zero attached hydrogens (tertiary/aromatic N) is 2. The SMILES string of the molecule is Cc1csc(C(C#N)Nc2ccccc2Cl)n1. The number of para-hydroxylation sites is 1. The number of rotatable bonds is 3. The third-order valence-corrected chi connectivity index (χ3v) is 3.54. The molecule has 3 nitrogen and oxygen atoms in total. The van der Waals surface area contributed by atoms with E-state index in [2.05, 4.69) is 16.4 Å². The van der Waals surface area contributed by atoms with E-state index in [9.17, 15) is 0 Å². The largest absolute Gasteiger partial charge is 0.363 e. The highest BCUT2D eigenvalue weighted by Gasteiger charge is 2.14. The Morgan fingerprint density at radius 3 is 2.82 bits per heavy atom. The lowest BCUT2D eigenvalue weighted by Crippen LogP contribution is -2.08. The van der Waals surface area contributed by atoms with Crippen LogP contribution < -0.4 is 5.32 Å². The second kappa shape index (κ2) is 5.17. The number of aryl methyl sites for hydroxylation is 1. The Morgan fingerprint density at radius 2 is 2.24 bits per heavy atom. The Hall–Kier alpha value is -1.57. The van der Waals surface area contributed by atoms with E-state index >= 15 is 0 Å². The number of hydrogen-bond donors (Lipinski definition) is 1. The molecular weight excluding hydrogens is 254 g/mol. The first-order valence-corrected chi connectivity index (χ1v) is 6.29. The summed E-state index contributed by atoms with van der Waals surface area (Å²) in [4.78, 5) is 4.30. The molecule has 17 heavy (non-hydrogen) atoms. The first kappa shape index (κ1) is 11.9. The molecule has 0 bridgehead atoms. The van der Waals surface area contributed by atoms with Gasteiger partial charge in [0.2, 0.25) is 0 Å². The highest BCUT2D eigenvalue weighted by Crippen LogP contribution is 2.26. The molecule has 2 aromatic rings. The van der Waals surface area contributed by atoms with Gasteiger partial charge in [-0.15, -0.1) is 11.3 Å². The zero-order valence-corrected chi connectivity index (χ0v) is 10.7. The third kappa shape index (κ3) is 2.76. The summed E-state index contributed by atoms with van der Waals surface area (Å²) in [6.45, 7) is 1.91. The number of benzene rings is 1. The Labute approximate surface area is 109 Å². The van der Waals surface area contributed by atoms with Gasteiger partial charge in [-0.05, 0) is 19.1 Å². The third-order valence-electron chi connectivity index (χ3n) is 2.19. The van der Waals surface area contributed by atoms with Gasteiger partial charge in [0.25, 0.3) is 0 Å².